The maximum absolute atomic E-state index is 12.0. The van der Waals surface area contributed by atoms with Gasteiger partial charge in [-0.1, -0.05) is 19.8 Å². The van der Waals surface area contributed by atoms with Gasteiger partial charge in [-0.15, -0.1) is 0 Å². The van der Waals surface area contributed by atoms with Crippen LogP contribution in [0, 0.1) is 11.8 Å². The summed E-state index contributed by atoms with van der Waals surface area (Å²) in [4.78, 5) is 0. The number of rotatable bonds is 0. The molecule has 1 aliphatic carbocycles. The Kier molecular flexibility index (Phi) is 2.96. The Hall–Kier alpha value is -0.130. The van der Waals surface area contributed by atoms with Gasteiger partial charge in [-0.2, -0.15) is 12.7 Å². The van der Waals surface area contributed by atoms with Crippen molar-refractivity contribution in [2.75, 3.05) is 6.54 Å². The highest BCUT2D eigenvalue weighted by Gasteiger charge is 2.51. The molecule has 3 fully saturated rings. The molecule has 4 nitrogen and oxygen atoms in total. The van der Waals surface area contributed by atoms with Gasteiger partial charge in [0.05, 0.1) is 12.1 Å². The first-order chi connectivity index (χ1) is 8.08. The Morgan fingerprint density at radius 1 is 1.12 bits per heavy atom. The Morgan fingerprint density at radius 3 is 2.76 bits per heavy atom. The Morgan fingerprint density at radius 2 is 1.94 bits per heavy atom. The summed E-state index contributed by atoms with van der Waals surface area (Å²) in [5.41, 5.74) is 0. The molecule has 0 aromatic carbocycles. The smallest absolute Gasteiger partial charge is 0.253 e. The molecule has 0 amide bonds. The second-order valence-corrected chi connectivity index (χ2v) is 7.37. The Balaban J connectivity index is 1.92. The van der Waals surface area contributed by atoms with Gasteiger partial charge in [-0.05, 0) is 37.5 Å². The third kappa shape index (κ3) is 2.02. The zero-order chi connectivity index (χ0) is 12.0. The average molecular weight is 259 g/mol. The van der Waals surface area contributed by atoms with Crippen LogP contribution in [0.2, 0.25) is 0 Å². The first-order valence-electron chi connectivity index (χ1n) is 6.78. The Labute approximate surface area is 104 Å². The molecule has 17 heavy (non-hydrogen) atoms. The fourth-order valence-corrected chi connectivity index (χ4v) is 5.25. The van der Waals surface area contributed by atoms with Crippen LogP contribution in [-0.4, -0.2) is 31.4 Å². The van der Waals surface area contributed by atoms with E-state index in [1.165, 1.54) is 12.8 Å². The van der Waals surface area contributed by atoms with Crippen molar-refractivity contribution in [3.8, 4) is 0 Å². The maximum Gasteiger partial charge on any atom is 0.339 e. The van der Waals surface area contributed by atoms with Crippen LogP contribution in [0.25, 0.3) is 0 Å². The van der Waals surface area contributed by atoms with Crippen molar-refractivity contribution >= 4 is 10.3 Å². The summed E-state index contributed by atoms with van der Waals surface area (Å²) in [5.74, 6) is 1.15. The van der Waals surface area contributed by atoms with E-state index in [0.29, 0.717) is 18.4 Å². The first-order valence-corrected chi connectivity index (χ1v) is 8.14. The van der Waals surface area contributed by atoms with E-state index in [0.717, 1.165) is 25.7 Å². The molecule has 0 aromatic heterocycles. The molecule has 2 saturated heterocycles. The zero-order valence-corrected chi connectivity index (χ0v) is 11.2. The van der Waals surface area contributed by atoms with Crippen LogP contribution < -0.4 is 0 Å². The fourth-order valence-electron chi connectivity index (χ4n) is 3.68. The second kappa shape index (κ2) is 4.21. The van der Waals surface area contributed by atoms with Crippen LogP contribution in [0.15, 0.2) is 0 Å². The predicted molar refractivity (Wildman–Crippen MR) is 64.6 cm³/mol. The summed E-state index contributed by atoms with van der Waals surface area (Å²) < 4.78 is 31.0. The van der Waals surface area contributed by atoms with Crippen LogP contribution in [-0.2, 0) is 14.5 Å². The molecule has 3 aliphatic rings. The summed E-state index contributed by atoms with van der Waals surface area (Å²) in [5, 5.41) is 0. The molecule has 1 unspecified atom stereocenters. The molecule has 4 atom stereocenters. The van der Waals surface area contributed by atoms with E-state index in [1.807, 2.05) is 0 Å². The van der Waals surface area contributed by atoms with E-state index < -0.39 is 10.3 Å². The van der Waals surface area contributed by atoms with Crippen molar-refractivity contribution in [1.82, 2.24) is 4.31 Å². The van der Waals surface area contributed by atoms with Gasteiger partial charge in [0.2, 0.25) is 0 Å². The molecule has 0 bridgehead atoms. The molecule has 98 valence electrons. The molecule has 0 radical (unpaired) electrons. The minimum Gasteiger partial charge on any atom is -0.253 e. The third-order valence-electron chi connectivity index (χ3n) is 4.66. The highest BCUT2D eigenvalue weighted by Crippen LogP contribution is 2.42. The van der Waals surface area contributed by atoms with Crippen molar-refractivity contribution in [2.45, 2.75) is 57.6 Å². The lowest BCUT2D eigenvalue weighted by atomic mass is 9.77. The number of hydrogen-bond donors (Lipinski definition) is 0. The highest BCUT2D eigenvalue weighted by molar-refractivity contribution is 7.84. The summed E-state index contributed by atoms with van der Waals surface area (Å²) in [6.07, 6.45) is 6.50. The van der Waals surface area contributed by atoms with Crippen molar-refractivity contribution < 1.29 is 12.6 Å². The summed E-state index contributed by atoms with van der Waals surface area (Å²) >= 11 is 0. The topological polar surface area (TPSA) is 46.6 Å². The standard InChI is InChI=1S/C12H21NO3S/c1-9-5-6-10-3-2-4-11-12(10)13(8-7-9)17(14,15)16-11/h9-12H,2-8H2,1H3/t9?,10-,11-,12+/m0/s1. The zero-order valence-electron chi connectivity index (χ0n) is 10.3. The van der Waals surface area contributed by atoms with Crippen LogP contribution in [0.5, 0.6) is 0 Å². The maximum atomic E-state index is 12.0. The molecule has 0 N–H and O–H groups in total. The molecule has 3 rings (SSSR count). The first kappa shape index (κ1) is 11.9. The van der Waals surface area contributed by atoms with Gasteiger partial charge < -0.3 is 0 Å². The molecule has 0 spiro atoms. The number of hydrogen-bond acceptors (Lipinski definition) is 3. The summed E-state index contributed by atoms with van der Waals surface area (Å²) in [6, 6.07) is 0.140. The molecule has 1 saturated carbocycles. The van der Waals surface area contributed by atoms with E-state index in [-0.39, 0.29) is 12.1 Å². The fraction of sp³-hybridized carbons (Fsp3) is 1.00. The van der Waals surface area contributed by atoms with E-state index in [9.17, 15) is 8.42 Å². The van der Waals surface area contributed by atoms with E-state index >= 15 is 0 Å². The summed E-state index contributed by atoms with van der Waals surface area (Å²) in [6.45, 7) is 2.88. The Bertz CT molecular complexity index is 395. The molecule has 5 heteroatoms. The molecule has 2 heterocycles. The molecule has 0 aromatic rings. The van der Waals surface area contributed by atoms with E-state index in [1.54, 1.807) is 4.31 Å². The average Bonchev–Trinajstić information content (AvgIpc) is 2.51. The van der Waals surface area contributed by atoms with Gasteiger partial charge in [0.1, 0.15) is 0 Å². The lowest BCUT2D eigenvalue weighted by molar-refractivity contribution is 0.0807. The lowest BCUT2D eigenvalue weighted by Crippen LogP contribution is -2.46. The SMILES string of the molecule is CC1CC[C@@H]2CCC[C@@H]3OS(=O)(=O)N(CC1)[C@H]23. The van der Waals surface area contributed by atoms with Gasteiger partial charge in [0, 0.05) is 6.54 Å². The van der Waals surface area contributed by atoms with Gasteiger partial charge in [-0.25, -0.2) is 0 Å². The van der Waals surface area contributed by atoms with Crippen molar-refractivity contribution in [1.29, 1.82) is 0 Å². The third-order valence-corrected chi connectivity index (χ3v) is 6.16. The largest absolute Gasteiger partial charge is 0.339 e. The van der Waals surface area contributed by atoms with Crippen molar-refractivity contribution in [2.24, 2.45) is 11.8 Å². The van der Waals surface area contributed by atoms with Gasteiger partial charge >= 0.3 is 10.3 Å². The van der Waals surface area contributed by atoms with Crippen LogP contribution in [0.1, 0.15) is 45.4 Å². The van der Waals surface area contributed by atoms with E-state index in [4.69, 9.17) is 4.18 Å². The van der Waals surface area contributed by atoms with Crippen molar-refractivity contribution in [3.63, 3.8) is 0 Å². The van der Waals surface area contributed by atoms with Gasteiger partial charge in [0.15, 0.2) is 0 Å². The van der Waals surface area contributed by atoms with E-state index in [2.05, 4.69) is 6.92 Å². The lowest BCUT2D eigenvalue weighted by Gasteiger charge is -2.37. The molecular formula is C12H21NO3S. The van der Waals surface area contributed by atoms with Crippen LogP contribution in [0.4, 0.5) is 0 Å². The van der Waals surface area contributed by atoms with Crippen molar-refractivity contribution in [3.05, 3.63) is 0 Å². The molecule has 2 aliphatic heterocycles. The quantitative estimate of drug-likeness (QED) is 0.667. The number of nitrogens with zero attached hydrogens (tertiary/aromatic N) is 1. The predicted octanol–water partition coefficient (Wildman–Crippen LogP) is 1.92. The minimum absolute atomic E-state index is 0.0628. The molecular weight excluding hydrogens is 238 g/mol. The second-order valence-electron chi connectivity index (χ2n) is 5.86. The minimum atomic E-state index is -3.43. The normalized spacial score (nSPS) is 45.9. The monoisotopic (exact) mass is 259 g/mol. The highest BCUT2D eigenvalue weighted by atomic mass is 32.2. The van der Waals surface area contributed by atoms with Crippen LogP contribution >= 0.6 is 0 Å². The van der Waals surface area contributed by atoms with Crippen LogP contribution in [0.3, 0.4) is 0 Å². The van der Waals surface area contributed by atoms with Gasteiger partial charge in [0.25, 0.3) is 0 Å². The van der Waals surface area contributed by atoms with Gasteiger partial charge in [-0.3, -0.25) is 4.18 Å². The summed E-state index contributed by atoms with van der Waals surface area (Å²) in [7, 11) is -3.43.